The van der Waals surface area contributed by atoms with Crippen LogP contribution in [0.5, 0.6) is 11.6 Å². The molecule has 0 spiro atoms. The van der Waals surface area contributed by atoms with Gasteiger partial charge in [-0.15, -0.1) is 0 Å². The van der Waals surface area contributed by atoms with Crippen molar-refractivity contribution in [3.8, 4) is 17.3 Å². The molecule has 6 nitrogen and oxygen atoms in total. The standard InChI is InChI=1S/C24H18ClN3O3/c25-17-10-12-18(13-11-17)26-22(29)15-27-24-20(14-16-6-4-5-9-21(16)31-24)23(30)28(27)19-7-2-1-3-8-19/h1-13H,14-15H2,(H,26,29). The molecule has 2 heterocycles. The molecule has 0 bridgehead atoms. The van der Waals surface area contributed by atoms with Gasteiger partial charge in [-0.05, 0) is 48.0 Å². The van der Waals surface area contributed by atoms with Crippen LogP contribution in [0.15, 0.2) is 83.7 Å². The summed E-state index contributed by atoms with van der Waals surface area (Å²) >= 11 is 5.92. The first-order valence-electron chi connectivity index (χ1n) is 9.81. The van der Waals surface area contributed by atoms with Gasteiger partial charge in [0.25, 0.3) is 5.56 Å². The second kappa shape index (κ2) is 7.81. The summed E-state index contributed by atoms with van der Waals surface area (Å²) in [4.78, 5) is 26.2. The molecule has 154 valence electrons. The van der Waals surface area contributed by atoms with E-state index in [1.165, 1.54) is 4.68 Å². The van der Waals surface area contributed by atoms with Gasteiger partial charge in [0, 0.05) is 17.1 Å². The maximum absolute atomic E-state index is 13.3. The van der Waals surface area contributed by atoms with Crippen molar-refractivity contribution in [3.63, 3.8) is 0 Å². The Labute approximate surface area is 183 Å². The van der Waals surface area contributed by atoms with E-state index in [2.05, 4.69) is 5.32 Å². The molecule has 1 aromatic heterocycles. The number of anilines is 1. The Hall–Kier alpha value is -3.77. The fourth-order valence-electron chi connectivity index (χ4n) is 3.72. The number of carbonyl (C=O) groups excluding carboxylic acids is 1. The van der Waals surface area contributed by atoms with E-state index in [0.717, 1.165) is 5.56 Å². The quantitative estimate of drug-likeness (QED) is 0.451. The van der Waals surface area contributed by atoms with Gasteiger partial charge in [0.1, 0.15) is 12.3 Å². The Kier molecular flexibility index (Phi) is 4.84. The molecule has 5 rings (SSSR count). The molecule has 0 unspecified atom stereocenters. The Morgan fingerprint density at radius 1 is 0.968 bits per heavy atom. The number of aromatic nitrogens is 2. The van der Waals surface area contributed by atoms with Crippen molar-refractivity contribution in [2.75, 3.05) is 5.32 Å². The largest absolute Gasteiger partial charge is 0.439 e. The number of hydrogen-bond acceptors (Lipinski definition) is 3. The summed E-state index contributed by atoms with van der Waals surface area (Å²) in [5.74, 6) is 0.790. The molecule has 3 aromatic carbocycles. The second-order valence-corrected chi connectivity index (χ2v) is 7.67. The molecule has 7 heteroatoms. The molecule has 1 aliphatic heterocycles. The highest BCUT2D eigenvalue weighted by molar-refractivity contribution is 6.30. The van der Waals surface area contributed by atoms with Crippen LogP contribution in [0.25, 0.3) is 5.69 Å². The summed E-state index contributed by atoms with van der Waals surface area (Å²) in [5, 5.41) is 3.43. The molecule has 0 aliphatic carbocycles. The van der Waals surface area contributed by atoms with Crippen LogP contribution in [0.3, 0.4) is 0 Å². The SMILES string of the molecule is O=C(Cn1c2c(c(=O)n1-c1ccccc1)Cc1ccccc1O2)Nc1ccc(Cl)cc1. The van der Waals surface area contributed by atoms with E-state index in [0.29, 0.717) is 40.0 Å². The summed E-state index contributed by atoms with van der Waals surface area (Å²) in [6.45, 7) is -0.0930. The summed E-state index contributed by atoms with van der Waals surface area (Å²) < 4.78 is 9.19. The van der Waals surface area contributed by atoms with Crippen molar-refractivity contribution >= 4 is 23.2 Å². The molecule has 0 saturated carbocycles. The van der Waals surface area contributed by atoms with Gasteiger partial charge in [-0.1, -0.05) is 48.0 Å². The number of carbonyl (C=O) groups is 1. The Morgan fingerprint density at radius 2 is 1.68 bits per heavy atom. The third-order valence-electron chi connectivity index (χ3n) is 5.15. The van der Waals surface area contributed by atoms with Crippen molar-refractivity contribution in [2.24, 2.45) is 0 Å². The molecule has 4 aromatic rings. The highest BCUT2D eigenvalue weighted by atomic mass is 35.5. The molecule has 1 N–H and O–H groups in total. The van der Waals surface area contributed by atoms with E-state index in [1.54, 1.807) is 28.9 Å². The minimum atomic E-state index is -0.285. The van der Waals surface area contributed by atoms with Crippen LogP contribution in [0.4, 0.5) is 5.69 Å². The third kappa shape index (κ3) is 3.62. The minimum Gasteiger partial charge on any atom is -0.439 e. The maximum atomic E-state index is 13.3. The minimum absolute atomic E-state index is 0.0930. The number of rotatable bonds is 4. The van der Waals surface area contributed by atoms with Gasteiger partial charge >= 0.3 is 0 Å². The van der Waals surface area contributed by atoms with Crippen molar-refractivity contribution in [1.82, 2.24) is 9.36 Å². The maximum Gasteiger partial charge on any atom is 0.278 e. The fourth-order valence-corrected chi connectivity index (χ4v) is 3.85. The van der Waals surface area contributed by atoms with E-state index in [1.807, 2.05) is 54.6 Å². The van der Waals surface area contributed by atoms with Gasteiger partial charge in [-0.25, -0.2) is 9.36 Å². The van der Waals surface area contributed by atoms with Crippen molar-refractivity contribution in [1.29, 1.82) is 0 Å². The van der Waals surface area contributed by atoms with Crippen LogP contribution in [0, 0.1) is 0 Å². The summed E-state index contributed by atoms with van der Waals surface area (Å²) in [6, 6.07) is 23.7. The van der Waals surface area contributed by atoms with Crippen LogP contribution in [-0.2, 0) is 17.8 Å². The predicted molar refractivity (Wildman–Crippen MR) is 119 cm³/mol. The van der Waals surface area contributed by atoms with Crippen LogP contribution in [0.1, 0.15) is 11.1 Å². The number of ether oxygens (including phenoxy) is 1. The Bertz CT molecular complexity index is 1320. The molecule has 1 amide bonds. The fraction of sp³-hybridized carbons (Fsp3) is 0.0833. The lowest BCUT2D eigenvalue weighted by atomic mass is 10.0. The van der Waals surface area contributed by atoms with Crippen LogP contribution in [-0.4, -0.2) is 15.3 Å². The second-order valence-electron chi connectivity index (χ2n) is 7.24. The number of hydrogen-bond donors (Lipinski definition) is 1. The topological polar surface area (TPSA) is 65.3 Å². The third-order valence-corrected chi connectivity index (χ3v) is 5.41. The average Bonchev–Trinajstić information content (AvgIpc) is 3.05. The predicted octanol–water partition coefficient (Wildman–Crippen LogP) is 4.63. The van der Waals surface area contributed by atoms with Gasteiger partial charge < -0.3 is 10.1 Å². The highest BCUT2D eigenvalue weighted by Gasteiger charge is 2.29. The summed E-state index contributed by atoms with van der Waals surface area (Å²) in [7, 11) is 0. The first-order chi connectivity index (χ1) is 15.1. The van der Waals surface area contributed by atoms with Gasteiger partial charge in [0.05, 0.1) is 11.3 Å². The van der Waals surface area contributed by atoms with E-state index in [4.69, 9.17) is 16.3 Å². The monoisotopic (exact) mass is 431 g/mol. The summed E-state index contributed by atoms with van der Waals surface area (Å²) in [6.07, 6.45) is 0.447. The Balaban J connectivity index is 1.56. The van der Waals surface area contributed by atoms with E-state index in [-0.39, 0.29) is 18.0 Å². The molecule has 0 atom stereocenters. The average molecular weight is 432 g/mol. The van der Waals surface area contributed by atoms with Crippen molar-refractivity contribution < 1.29 is 9.53 Å². The zero-order valence-corrected chi connectivity index (χ0v) is 17.2. The number of nitrogens with zero attached hydrogens (tertiary/aromatic N) is 2. The number of amides is 1. The summed E-state index contributed by atoms with van der Waals surface area (Å²) in [5.41, 5.74) is 2.55. The van der Waals surface area contributed by atoms with Gasteiger partial charge in [0.15, 0.2) is 0 Å². The lowest BCUT2D eigenvalue weighted by Gasteiger charge is -2.19. The van der Waals surface area contributed by atoms with Gasteiger partial charge in [-0.3, -0.25) is 9.59 Å². The molecule has 0 radical (unpaired) electrons. The van der Waals surface area contributed by atoms with E-state index < -0.39 is 0 Å². The number of nitrogens with one attached hydrogen (secondary N) is 1. The van der Waals surface area contributed by atoms with Crippen molar-refractivity contribution in [2.45, 2.75) is 13.0 Å². The number of fused-ring (bicyclic) bond motifs is 2. The van der Waals surface area contributed by atoms with Crippen LogP contribution in [0.2, 0.25) is 5.02 Å². The number of para-hydroxylation sites is 2. The molecule has 0 saturated heterocycles. The zero-order chi connectivity index (χ0) is 21.4. The highest BCUT2D eigenvalue weighted by Crippen LogP contribution is 2.35. The van der Waals surface area contributed by atoms with Crippen molar-refractivity contribution in [3.05, 3.63) is 105 Å². The molecule has 1 aliphatic rings. The first kappa shape index (κ1) is 19.2. The molecule has 31 heavy (non-hydrogen) atoms. The zero-order valence-electron chi connectivity index (χ0n) is 16.4. The molecule has 0 fully saturated rings. The van der Waals surface area contributed by atoms with E-state index in [9.17, 15) is 9.59 Å². The lowest BCUT2D eigenvalue weighted by molar-refractivity contribution is -0.117. The lowest BCUT2D eigenvalue weighted by Crippen LogP contribution is -2.27. The first-order valence-corrected chi connectivity index (χ1v) is 10.2. The van der Waals surface area contributed by atoms with Crippen LogP contribution >= 0.6 is 11.6 Å². The van der Waals surface area contributed by atoms with Crippen LogP contribution < -0.4 is 15.6 Å². The smallest absolute Gasteiger partial charge is 0.278 e. The number of halogens is 1. The molecular weight excluding hydrogens is 414 g/mol. The number of benzene rings is 3. The van der Waals surface area contributed by atoms with E-state index >= 15 is 0 Å². The normalized spacial score (nSPS) is 11.9. The Morgan fingerprint density at radius 3 is 2.45 bits per heavy atom. The van der Waals surface area contributed by atoms with Gasteiger partial charge in [-0.2, -0.15) is 0 Å². The van der Waals surface area contributed by atoms with Gasteiger partial charge in [0.2, 0.25) is 11.8 Å². The molecular formula is C24H18ClN3O3.